The second-order valence-electron chi connectivity index (χ2n) is 3.03. The molecule has 1 N–H and O–H groups in total. The molecule has 70 valence electrons. The number of hydrogen-bond donors (Lipinski definition) is 1. The van der Waals surface area contributed by atoms with E-state index in [0.717, 1.165) is 18.7 Å². The predicted molar refractivity (Wildman–Crippen MR) is 48.0 cm³/mol. The van der Waals surface area contributed by atoms with Crippen molar-refractivity contribution in [3.05, 3.63) is 27.1 Å². The molecular weight excluding hydrogens is 192 g/mol. The van der Waals surface area contributed by atoms with Crippen LogP contribution in [0.3, 0.4) is 0 Å². The summed E-state index contributed by atoms with van der Waals surface area (Å²) < 4.78 is 5.21. The van der Waals surface area contributed by atoms with Crippen molar-refractivity contribution in [2.45, 2.75) is 12.3 Å². The van der Waals surface area contributed by atoms with Crippen LogP contribution in [0.5, 0.6) is 0 Å². The summed E-state index contributed by atoms with van der Waals surface area (Å²) in [5, 5.41) is 6.46. The topological polar surface area (TPSA) is 55.0 Å². The third-order valence-corrected chi connectivity index (χ3v) is 2.41. The summed E-state index contributed by atoms with van der Waals surface area (Å²) in [4.78, 5) is 10.9. The molecule has 2 rings (SSSR count). The summed E-state index contributed by atoms with van der Waals surface area (Å²) in [5.41, 5.74) is 0.464. The molecule has 1 aromatic heterocycles. The molecule has 0 aliphatic carbocycles. The fraction of sp³-hybridized carbons (Fsp3) is 0.500. The normalized spacial score (nSPS) is 22.1. The van der Waals surface area contributed by atoms with Crippen LogP contribution in [0, 0.1) is 0 Å². The molecule has 1 aliphatic heterocycles. The highest BCUT2D eigenvalue weighted by Crippen LogP contribution is 2.23. The Bertz CT molecular complexity index is 357. The molecule has 1 fully saturated rings. The van der Waals surface area contributed by atoms with Crippen molar-refractivity contribution >= 4 is 11.6 Å². The summed E-state index contributed by atoms with van der Waals surface area (Å²) in [6.45, 7) is 1.42. The minimum atomic E-state index is -0.343. The largest absolute Gasteiger partial charge is 0.381 e. The van der Waals surface area contributed by atoms with E-state index in [1.807, 2.05) is 0 Å². The minimum absolute atomic E-state index is 0.192. The van der Waals surface area contributed by atoms with Crippen LogP contribution >= 0.6 is 11.6 Å². The first-order valence-corrected chi connectivity index (χ1v) is 4.48. The smallest absolute Gasteiger partial charge is 0.282 e. The van der Waals surface area contributed by atoms with Crippen LogP contribution in [-0.4, -0.2) is 23.4 Å². The van der Waals surface area contributed by atoms with Crippen LogP contribution in [-0.2, 0) is 4.74 Å². The van der Waals surface area contributed by atoms with Crippen LogP contribution in [0.4, 0.5) is 0 Å². The highest BCUT2D eigenvalue weighted by atomic mass is 35.5. The Balaban J connectivity index is 2.30. The zero-order valence-corrected chi connectivity index (χ0v) is 7.67. The predicted octanol–water partition coefficient (Wildman–Crippen LogP) is 0.927. The molecule has 5 heteroatoms. The maximum absolute atomic E-state index is 10.9. The van der Waals surface area contributed by atoms with E-state index in [-0.39, 0.29) is 16.5 Å². The van der Waals surface area contributed by atoms with E-state index in [9.17, 15) is 4.79 Å². The van der Waals surface area contributed by atoms with Crippen molar-refractivity contribution in [2.75, 3.05) is 13.2 Å². The number of aromatic amines is 1. The van der Waals surface area contributed by atoms with Gasteiger partial charge in [-0.15, -0.1) is 0 Å². The van der Waals surface area contributed by atoms with Crippen LogP contribution in [0.15, 0.2) is 10.9 Å². The molecule has 4 nitrogen and oxygen atoms in total. The van der Waals surface area contributed by atoms with E-state index in [2.05, 4.69) is 10.2 Å². The third kappa shape index (κ3) is 1.73. The molecule has 1 aliphatic rings. The van der Waals surface area contributed by atoms with Gasteiger partial charge in [-0.2, -0.15) is 5.10 Å². The van der Waals surface area contributed by atoms with Crippen molar-refractivity contribution in [3.8, 4) is 0 Å². The molecule has 0 amide bonds. The fourth-order valence-electron chi connectivity index (χ4n) is 1.37. The monoisotopic (exact) mass is 200 g/mol. The van der Waals surface area contributed by atoms with E-state index in [1.54, 1.807) is 6.07 Å². The van der Waals surface area contributed by atoms with Gasteiger partial charge in [0.05, 0.1) is 12.3 Å². The lowest BCUT2D eigenvalue weighted by atomic mass is 10.1. The summed E-state index contributed by atoms with van der Waals surface area (Å²) in [6.07, 6.45) is 0.940. The minimum Gasteiger partial charge on any atom is -0.381 e. The Hall–Kier alpha value is -0.870. The highest BCUT2D eigenvalue weighted by Gasteiger charge is 2.19. The van der Waals surface area contributed by atoms with Gasteiger partial charge in [-0.25, -0.2) is 5.10 Å². The number of rotatable bonds is 1. The number of aromatic nitrogens is 2. The number of ether oxygens (including phenoxy) is 1. The summed E-state index contributed by atoms with van der Waals surface area (Å²) in [7, 11) is 0. The summed E-state index contributed by atoms with van der Waals surface area (Å²) in [6, 6.07) is 1.61. The average Bonchev–Trinajstić information content (AvgIpc) is 2.62. The number of halogens is 1. The van der Waals surface area contributed by atoms with Crippen molar-refractivity contribution in [1.29, 1.82) is 0 Å². The van der Waals surface area contributed by atoms with E-state index in [4.69, 9.17) is 16.3 Å². The number of nitrogens with zero attached hydrogens (tertiary/aromatic N) is 1. The van der Waals surface area contributed by atoms with Crippen LogP contribution in [0.1, 0.15) is 18.0 Å². The maximum Gasteiger partial charge on any atom is 0.282 e. The Kier molecular flexibility index (Phi) is 2.33. The molecule has 0 aromatic carbocycles. The zero-order valence-electron chi connectivity index (χ0n) is 6.92. The number of hydrogen-bond acceptors (Lipinski definition) is 3. The first-order chi connectivity index (χ1) is 6.27. The molecule has 0 bridgehead atoms. The van der Waals surface area contributed by atoms with Crippen molar-refractivity contribution in [2.24, 2.45) is 0 Å². The van der Waals surface area contributed by atoms with Crippen LogP contribution in [0.25, 0.3) is 0 Å². The van der Waals surface area contributed by atoms with Gasteiger partial charge in [0.15, 0.2) is 0 Å². The lowest BCUT2D eigenvalue weighted by Gasteiger charge is -2.04. The van der Waals surface area contributed by atoms with Gasteiger partial charge in [0.25, 0.3) is 5.56 Å². The first-order valence-electron chi connectivity index (χ1n) is 4.10. The van der Waals surface area contributed by atoms with Gasteiger partial charge in [-0.3, -0.25) is 4.79 Å². The number of nitrogens with one attached hydrogen (secondary N) is 1. The molecule has 1 unspecified atom stereocenters. The van der Waals surface area contributed by atoms with E-state index in [1.165, 1.54) is 0 Å². The zero-order chi connectivity index (χ0) is 9.26. The second-order valence-corrected chi connectivity index (χ2v) is 3.44. The summed E-state index contributed by atoms with van der Waals surface area (Å²) >= 11 is 5.67. The molecule has 0 saturated carbocycles. The van der Waals surface area contributed by atoms with Crippen molar-refractivity contribution < 1.29 is 4.74 Å². The lowest BCUT2D eigenvalue weighted by molar-refractivity contribution is 0.193. The molecule has 0 radical (unpaired) electrons. The van der Waals surface area contributed by atoms with E-state index < -0.39 is 0 Å². The standard InChI is InChI=1S/C8H9ClN2O2/c9-6-3-7(10-11-8(6)12)5-1-2-13-4-5/h3,5H,1-2,4H2,(H,11,12). The lowest BCUT2D eigenvalue weighted by Crippen LogP contribution is -2.12. The Morgan fingerprint density at radius 2 is 2.54 bits per heavy atom. The second kappa shape index (κ2) is 3.47. The fourth-order valence-corrected chi connectivity index (χ4v) is 1.53. The molecule has 1 aromatic rings. The third-order valence-electron chi connectivity index (χ3n) is 2.13. The first kappa shape index (κ1) is 8.72. The molecule has 1 saturated heterocycles. The highest BCUT2D eigenvalue weighted by molar-refractivity contribution is 6.30. The molecule has 0 spiro atoms. The van der Waals surface area contributed by atoms with E-state index >= 15 is 0 Å². The van der Waals surface area contributed by atoms with Crippen LogP contribution in [0.2, 0.25) is 5.02 Å². The van der Waals surface area contributed by atoms with Crippen molar-refractivity contribution in [3.63, 3.8) is 0 Å². The van der Waals surface area contributed by atoms with Gasteiger partial charge in [-0.1, -0.05) is 11.6 Å². The molecule has 1 atom stereocenters. The Morgan fingerprint density at radius 3 is 3.15 bits per heavy atom. The quantitative estimate of drug-likeness (QED) is 0.734. The molecular formula is C8H9ClN2O2. The van der Waals surface area contributed by atoms with Gasteiger partial charge in [0, 0.05) is 12.5 Å². The van der Waals surface area contributed by atoms with Gasteiger partial charge >= 0.3 is 0 Å². The summed E-state index contributed by atoms with van der Waals surface area (Å²) in [5.74, 6) is 0.273. The van der Waals surface area contributed by atoms with Crippen LogP contribution < -0.4 is 5.56 Å². The average molecular weight is 201 g/mol. The van der Waals surface area contributed by atoms with E-state index in [0.29, 0.717) is 6.61 Å². The van der Waals surface area contributed by atoms with Crippen molar-refractivity contribution in [1.82, 2.24) is 10.2 Å². The maximum atomic E-state index is 10.9. The SMILES string of the molecule is O=c1[nH]nc(C2CCOC2)cc1Cl. The Morgan fingerprint density at radius 1 is 1.69 bits per heavy atom. The van der Waals surface area contributed by atoms with Gasteiger partial charge in [0.2, 0.25) is 0 Å². The van der Waals surface area contributed by atoms with Gasteiger partial charge in [-0.05, 0) is 12.5 Å². The Labute approximate surface area is 79.9 Å². The van der Waals surface area contributed by atoms with Gasteiger partial charge in [0.1, 0.15) is 5.02 Å². The van der Waals surface area contributed by atoms with Gasteiger partial charge < -0.3 is 4.74 Å². The number of H-pyrrole nitrogens is 1. The molecule has 2 heterocycles. The molecule has 13 heavy (non-hydrogen) atoms.